The summed E-state index contributed by atoms with van der Waals surface area (Å²) >= 11 is 0. The zero-order valence-electron chi connectivity index (χ0n) is 7.72. The van der Waals surface area contributed by atoms with E-state index in [1.807, 2.05) is 13.3 Å². The monoisotopic (exact) mass is 341 g/mol. The van der Waals surface area contributed by atoms with Gasteiger partial charge in [0.2, 0.25) is 0 Å². The molecule has 70 valence electrons. The first-order chi connectivity index (χ1) is 5.35. The molecule has 0 spiro atoms. The van der Waals surface area contributed by atoms with E-state index in [0.717, 1.165) is 25.8 Å². The van der Waals surface area contributed by atoms with Crippen molar-refractivity contribution in [2.45, 2.75) is 25.3 Å². The minimum atomic E-state index is -0.0770. The molecule has 0 rings (SSSR count). The van der Waals surface area contributed by atoms with Crippen LogP contribution >= 0.6 is 0 Å². The molecule has 0 aromatic heterocycles. The maximum Gasteiger partial charge on any atom is 2.00 e. The van der Waals surface area contributed by atoms with E-state index in [4.69, 9.17) is 0 Å². The fraction of sp³-hybridized carbons (Fsp3) is 0.875. The molecule has 0 saturated heterocycles. The van der Waals surface area contributed by atoms with Crippen LogP contribution in [0.3, 0.4) is 0 Å². The SMILES string of the molecule is CNCCCCC([C-]=O)NC.[W+2]. The van der Waals surface area contributed by atoms with Gasteiger partial charge in [0.25, 0.3) is 0 Å². The van der Waals surface area contributed by atoms with Gasteiger partial charge in [-0.15, -0.1) is 0 Å². The van der Waals surface area contributed by atoms with Gasteiger partial charge in [0.05, 0.1) is 0 Å². The normalized spacial score (nSPS) is 11.8. The van der Waals surface area contributed by atoms with Crippen molar-refractivity contribution < 1.29 is 25.9 Å². The van der Waals surface area contributed by atoms with Gasteiger partial charge in [0.15, 0.2) is 0 Å². The van der Waals surface area contributed by atoms with Crippen LogP contribution in [0.1, 0.15) is 19.3 Å². The summed E-state index contributed by atoms with van der Waals surface area (Å²) in [6.07, 6.45) is 5.03. The number of unbranched alkanes of at least 4 members (excludes halogenated alkanes) is 1. The van der Waals surface area contributed by atoms with Crippen LogP contribution in [0, 0.1) is 0 Å². The van der Waals surface area contributed by atoms with Gasteiger partial charge in [-0.2, -0.15) is 0 Å². The summed E-state index contributed by atoms with van der Waals surface area (Å²) in [4.78, 5) is 10.2. The number of nitrogens with one attached hydrogen (secondary N) is 2. The van der Waals surface area contributed by atoms with Crippen LogP contribution in [0.15, 0.2) is 0 Å². The maximum absolute atomic E-state index is 10.2. The van der Waals surface area contributed by atoms with E-state index in [1.54, 1.807) is 7.05 Å². The minimum absolute atomic E-state index is 0. The molecule has 0 fully saturated rings. The van der Waals surface area contributed by atoms with Crippen molar-refractivity contribution in [2.75, 3.05) is 20.6 Å². The van der Waals surface area contributed by atoms with Crippen molar-refractivity contribution in [2.24, 2.45) is 0 Å². The Morgan fingerprint density at radius 2 is 2.00 bits per heavy atom. The molecule has 1 unspecified atom stereocenters. The van der Waals surface area contributed by atoms with E-state index >= 15 is 0 Å². The van der Waals surface area contributed by atoms with E-state index in [0.29, 0.717) is 0 Å². The second-order valence-electron chi connectivity index (χ2n) is 2.56. The topological polar surface area (TPSA) is 41.1 Å². The first-order valence-electron chi connectivity index (χ1n) is 4.04. The molecule has 12 heavy (non-hydrogen) atoms. The molecule has 0 amide bonds. The predicted molar refractivity (Wildman–Crippen MR) is 46.3 cm³/mol. The molecule has 0 aromatic carbocycles. The van der Waals surface area contributed by atoms with Crippen molar-refractivity contribution in [1.29, 1.82) is 0 Å². The number of carbonyl (C=O) groups excluding carboxylic acids is 1. The summed E-state index contributed by atoms with van der Waals surface area (Å²) in [7, 11) is 3.72. The molecular weight excluding hydrogens is 324 g/mol. The predicted octanol–water partition coefficient (Wildman–Crippen LogP) is 0.0713. The summed E-state index contributed by atoms with van der Waals surface area (Å²) in [5.74, 6) is 0. The molecule has 0 aliphatic rings. The first-order valence-corrected chi connectivity index (χ1v) is 4.04. The summed E-state index contributed by atoms with van der Waals surface area (Å²) in [5, 5.41) is 5.94. The van der Waals surface area contributed by atoms with Crippen LogP contribution in [0.25, 0.3) is 0 Å². The van der Waals surface area contributed by atoms with Crippen molar-refractivity contribution >= 4 is 6.29 Å². The second kappa shape index (κ2) is 11.3. The van der Waals surface area contributed by atoms with Crippen LogP contribution in [-0.4, -0.2) is 33.0 Å². The first kappa shape index (κ1) is 14.8. The fourth-order valence-corrected chi connectivity index (χ4v) is 0.912. The molecule has 0 heterocycles. The number of hydrogen-bond acceptors (Lipinski definition) is 3. The van der Waals surface area contributed by atoms with Gasteiger partial charge in [-0.25, -0.2) is 6.29 Å². The Morgan fingerprint density at radius 3 is 2.42 bits per heavy atom. The van der Waals surface area contributed by atoms with Crippen molar-refractivity contribution in [1.82, 2.24) is 10.6 Å². The van der Waals surface area contributed by atoms with Gasteiger partial charge < -0.3 is 15.4 Å². The number of rotatable bonds is 7. The summed E-state index contributed by atoms with van der Waals surface area (Å²) in [6, 6.07) is -0.0770. The third kappa shape index (κ3) is 8.38. The van der Waals surface area contributed by atoms with Gasteiger partial charge >= 0.3 is 21.1 Å². The van der Waals surface area contributed by atoms with Crippen molar-refractivity contribution in [3.63, 3.8) is 0 Å². The fourth-order valence-electron chi connectivity index (χ4n) is 0.912. The van der Waals surface area contributed by atoms with Crippen LogP contribution in [-0.2, 0) is 25.9 Å². The molecule has 0 saturated carbocycles. The number of likely N-dealkylation sites (N-methyl/N-ethyl adjacent to an activating group) is 1. The molecule has 1 atom stereocenters. The molecule has 4 heteroatoms. The molecular formula is C8H17N2OW+. The maximum atomic E-state index is 10.2. The number of hydrogen-bond donors (Lipinski definition) is 2. The summed E-state index contributed by atoms with van der Waals surface area (Å²) in [5.41, 5.74) is 0. The van der Waals surface area contributed by atoms with Gasteiger partial charge in [-0.05, 0) is 27.1 Å². The van der Waals surface area contributed by atoms with Crippen molar-refractivity contribution in [3.05, 3.63) is 0 Å². The summed E-state index contributed by atoms with van der Waals surface area (Å²) in [6.45, 7) is 1.02. The Bertz CT molecular complexity index is 101. The minimum Gasteiger partial charge on any atom is -0.540 e. The largest absolute Gasteiger partial charge is 2.00 e. The van der Waals surface area contributed by atoms with Crippen LogP contribution in [0.2, 0.25) is 0 Å². The van der Waals surface area contributed by atoms with Gasteiger partial charge in [0.1, 0.15) is 0 Å². The van der Waals surface area contributed by atoms with Gasteiger partial charge in [0, 0.05) is 0 Å². The summed E-state index contributed by atoms with van der Waals surface area (Å²) < 4.78 is 0. The second-order valence-corrected chi connectivity index (χ2v) is 2.56. The molecule has 0 bridgehead atoms. The van der Waals surface area contributed by atoms with E-state index in [1.165, 1.54) is 0 Å². The van der Waals surface area contributed by atoms with E-state index in [2.05, 4.69) is 10.6 Å². The molecule has 0 aliphatic carbocycles. The molecule has 0 aromatic rings. The Kier molecular flexibility index (Phi) is 13.9. The average Bonchev–Trinajstić information content (AvgIpc) is 2.05. The van der Waals surface area contributed by atoms with Crippen molar-refractivity contribution in [3.8, 4) is 0 Å². The van der Waals surface area contributed by atoms with E-state index in [9.17, 15) is 4.79 Å². The van der Waals surface area contributed by atoms with Crippen LogP contribution < -0.4 is 10.6 Å². The third-order valence-corrected chi connectivity index (χ3v) is 1.66. The Hall–Kier alpha value is 0.278. The zero-order valence-corrected chi connectivity index (χ0v) is 10.7. The van der Waals surface area contributed by atoms with Crippen LogP contribution in [0.5, 0.6) is 0 Å². The average molecular weight is 341 g/mol. The Labute approximate surface area is 88.9 Å². The molecule has 2 N–H and O–H groups in total. The van der Waals surface area contributed by atoms with Gasteiger partial charge in [-0.3, -0.25) is 0 Å². The standard InChI is InChI=1S/C8H17N2O.W/c1-9-6-4-3-5-8(7-11)10-2;/h8-10H,3-6H2,1-2H3;/q-1;+2. The Balaban J connectivity index is 0. The van der Waals surface area contributed by atoms with E-state index in [-0.39, 0.29) is 27.1 Å². The van der Waals surface area contributed by atoms with Gasteiger partial charge in [-0.1, -0.05) is 18.9 Å². The molecule has 0 radical (unpaired) electrons. The molecule has 3 nitrogen and oxygen atoms in total. The smallest absolute Gasteiger partial charge is 0.540 e. The van der Waals surface area contributed by atoms with Crippen LogP contribution in [0.4, 0.5) is 0 Å². The third-order valence-electron chi connectivity index (χ3n) is 1.66. The zero-order chi connectivity index (χ0) is 8.53. The Morgan fingerprint density at radius 1 is 1.33 bits per heavy atom. The molecule has 0 aliphatic heterocycles. The van der Waals surface area contributed by atoms with E-state index < -0.39 is 0 Å². The quantitative estimate of drug-likeness (QED) is 0.509.